The Morgan fingerprint density at radius 1 is 1.16 bits per heavy atom. The van der Waals surface area contributed by atoms with Crippen LogP contribution in [0.25, 0.3) is 11.0 Å². The molecular formula is C31H47N7O5. The van der Waals surface area contributed by atoms with Crippen molar-refractivity contribution in [3.63, 3.8) is 0 Å². The zero-order valence-corrected chi connectivity index (χ0v) is 26.6. The van der Waals surface area contributed by atoms with Gasteiger partial charge in [-0.1, -0.05) is 19.9 Å². The summed E-state index contributed by atoms with van der Waals surface area (Å²) in [6.45, 7) is 13.0. The number of methoxy groups -OCH3 is 2. The van der Waals surface area contributed by atoms with E-state index in [0.29, 0.717) is 56.4 Å². The standard InChI is InChI=1S/C31H47N7O5/c1-21(2)16-36(17-22-15-23(27-32-20-33-35-27)19-37(18-22)30(40)43-31(3,4)5)29(39)28-34-26-24(11-10-12-25(26)42-7)38(28)13-8-9-14-41-6/h10-12,20-23H,8-9,13-19H2,1-7H3,(H,32,33,35). The number of imidazole rings is 1. The molecule has 0 bridgehead atoms. The van der Waals surface area contributed by atoms with Crippen LogP contribution < -0.4 is 4.74 Å². The Balaban J connectivity index is 1.64. The Morgan fingerprint density at radius 2 is 1.95 bits per heavy atom. The molecule has 3 aromatic rings. The molecular weight excluding hydrogens is 550 g/mol. The molecule has 236 valence electrons. The largest absolute Gasteiger partial charge is 0.494 e. The number of aromatic nitrogens is 5. The normalized spacial score (nSPS) is 17.4. The van der Waals surface area contributed by atoms with Gasteiger partial charge in [0.15, 0.2) is 5.82 Å². The first-order valence-corrected chi connectivity index (χ1v) is 15.1. The highest BCUT2D eigenvalue weighted by Gasteiger charge is 2.36. The summed E-state index contributed by atoms with van der Waals surface area (Å²) in [6, 6.07) is 5.76. The van der Waals surface area contributed by atoms with Crippen molar-refractivity contribution < 1.29 is 23.8 Å². The number of benzene rings is 1. The average Bonchev–Trinajstić information content (AvgIpc) is 3.62. The number of piperidine rings is 1. The molecule has 3 heterocycles. The summed E-state index contributed by atoms with van der Waals surface area (Å²) in [5, 5.41) is 7.01. The summed E-state index contributed by atoms with van der Waals surface area (Å²) in [7, 11) is 3.31. The number of ether oxygens (including phenoxy) is 3. The minimum atomic E-state index is -0.616. The number of hydrogen-bond acceptors (Lipinski definition) is 8. The fourth-order valence-electron chi connectivity index (χ4n) is 5.75. The van der Waals surface area contributed by atoms with Gasteiger partial charge in [-0.15, -0.1) is 0 Å². The molecule has 0 radical (unpaired) electrons. The molecule has 0 saturated carbocycles. The Hall–Kier alpha value is -3.67. The molecule has 0 aliphatic carbocycles. The van der Waals surface area contributed by atoms with Gasteiger partial charge in [0.25, 0.3) is 5.91 Å². The number of fused-ring (bicyclic) bond motifs is 1. The smallest absolute Gasteiger partial charge is 0.410 e. The van der Waals surface area contributed by atoms with Crippen molar-refractivity contribution in [2.75, 3.05) is 47.0 Å². The maximum absolute atomic E-state index is 14.4. The van der Waals surface area contributed by atoms with E-state index in [4.69, 9.17) is 19.2 Å². The number of carbonyl (C=O) groups is 2. The highest BCUT2D eigenvalue weighted by atomic mass is 16.6. The van der Waals surface area contributed by atoms with Crippen LogP contribution in [-0.4, -0.2) is 99.1 Å². The van der Waals surface area contributed by atoms with Crippen LogP contribution in [0.5, 0.6) is 5.75 Å². The van der Waals surface area contributed by atoms with Crippen molar-refractivity contribution in [1.82, 2.24) is 34.5 Å². The second kappa shape index (κ2) is 14.2. The molecule has 2 amide bonds. The second-order valence-electron chi connectivity index (χ2n) is 12.8. The predicted molar refractivity (Wildman–Crippen MR) is 163 cm³/mol. The lowest BCUT2D eigenvalue weighted by Crippen LogP contribution is -2.49. The van der Waals surface area contributed by atoms with Crippen LogP contribution in [0.2, 0.25) is 0 Å². The molecule has 1 aliphatic heterocycles. The lowest BCUT2D eigenvalue weighted by Gasteiger charge is -2.39. The number of aryl methyl sites for hydroxylation is 1. The molecule has 1 N–H and O–H groups in total. The third-order valence-corrected chi connectivity index (χ3v) is 7.49. The van der Waals surface area contributed by atoms with E-state index in [-0.39, 0.29) is 29.8 Å². The fourth-order valence-corrected chi connectivity index (χ4v) is 5.75. The minimum Gasteiger partial charge on any atom is -0.494 e. The number of para-hydroxylation sites is 1. The second-order valence-corrected chi connectivity index (χ2v) is 12.8. The SMILES string of the molecule is COCCCCn1c(C(=O)N(CC(C)C)CC2CC(c3ncn[nH]3)CN(C(=O)OC(C)(C)C)C2)nc2c(OC)cccc21. The first kappa shape index (κ1) is 32.2. The molecule has 4 rings (SSSR count). The van der Waals surface area contributed by atoms with Gasteiger partial charge in [-0.25, -0.2) is 14.8 Å². The molecule has 2 aromatic heterocycles. The van der Waals surface area contributed by atoms with Crippen molar-refractivity contribution in [3.05, 3.63) is 36.2 Å². The van der Waals surface area contributed by atoms with Crippen molar-refractivity contribution in [3.8, 4) is 5.75 Å². The topological polar surface area (TPSA) is 128 Å². The number of rotatable bonds is 12. The quantitative estimate of drug-likeness (QED) is 0.297. The minimum absolute atomic E-state index is 0.00636. The van der Waals surface area contributed by atoms with E-state index < -0.39 is 5.60 Å². The van der Waals surface area contributed by atoms with E-state index >= 15 is 0 Å². The summed E-state index contributed by atoms with van der Waals surface area (Å²) < 4.78 is 18.6. The van der Waals surface area contributed by atoms with E-state index in [1.54, 1.807) is 19.1 Å². The number of unbranched alkanes of at least 4 members (excludes halogenated alkanes) is 1. The van der Waals surface area contributed by atoms with Gasteiger partial charge in [0.1, 0.15) is 29.0 Å². The summed E-state index contributed by atoms with van der Waals surface area (Å²) >= 11 is 0. The highest BCUT2D eigenvalue weighted by molar-refractivity contribution is 5.96. The molecule has 1 aromatic carbocycles. The Morgan fingerprint density at radius 3 is 2.60 bits per heavy atom. The Bertz CT molecular complexity index is 1350. The summed E-state index contributed by atoms with van der Waals surface area (Å²) in [6.07, 6.45) is 3.57. The molecule has 12 nitrogen and oxygen atoms in total. The Labute approximate surface area is 254 Å². The lowest BCUT2D eigenvalue weighted by atomic mass is 9.88. The van der Waals surface area contributed by atoms with E-state index in [1.165, 1.54) is 6.33 Å². The molecule has 2 unspecified atom stereocenters. The number of carbonyl (C=O) groups excluding carboxylic acids is 2. The first-order chi connectivity index (χ1) is 20.5. The number of hydrogen-bond donors (Lipinski definition) is 1. The van der Waals surface area contributed by atoms with Gasteiger partial charge in [0.2, 0.25) is 0 Å². The van der Waals surface area contributed by atoms with Crippen molar-refractivity contribution in [2.24, 2.45) is 11.8 Å². The zero-order chi connectivity index (χ0) is 31.1. The number of aromatic amines is 1. The molecule has 1 fully saturated rings. The first-order valence-electron chi connectivity index (χ1n) is 15.1. The van der Waals surface area contributed by atoms with Crippen molar-refractivity contribution in [1.29, 1.82) is 0 Å². The molecule has 12 heteroatoms. The van der Waals surface area contributed by atoms with Gasteiger partial charge in [-0.05, 0) is 64.0 Å². The van der Waals surface area contributed by atoms with Gasteiger partial charge in [-0.2, -0.15) is 5.10 Å². The lowest BCUT2D eigenvalue weighted by molar-refractivity contribution is 0.0113. The van der Waals surface area contributed by atoms with Gasteiger partial charge in [-0.3, -0.25) is 9.89 Å². The van der Waals surface area contributed by atoms with E-state index in [2.05, 4.69) is 29.0 Å². The van der Waals surface area contributed by atoms with Gasteiger partial charge in [0.05, 0.1) is 12.6 Å². The monoisotopic (exact) mass is 597 g/mol. The number of likely N-dealkylation sites (tertiary alicyclic amines) is 1. The zero-order valence-electron chi connectivity index (χ0n) is 26.6. The third-order valence-electron chi connectivity index (χ3n) is 7.49. The number of nitrogens with one attached hydrogen (secondary N) is 1. The van der Waals surface area contributed by atoms with Gasteiger partial charge >= 0.3 is 6.09 Å². The van der Waals surface area contributed by atoms with Crippen molar-refractivity contribution >= 4 is 23.0 Å². The van der Waals surface area contributed by atoms with Crippen LogP contribution >= 0.6 is 0 Å². The fraction of sp³-hybridized carbons (Fsp3) is 0.645. The maximum Gasteiger partial charge on any atom is 0.410 e. The third kappa shape index (κ3) is 8.25. The van der Waals surface area contributed by atoms with Crippen LogP contribution in [0, 0.1) is 11.8 Å². The van der Waals surface area contributed by atoms with E-state index in [1.807, 2.05) is 48.4 Å². The maximum atomic E-state index is 14.4. The molecule has 1 saturated heterocycles. The number of H-pyrrole nitrogens is 1. The average molecular weight is 598 g/mol. The van der Waals surface area contributed by atoms with Crippen LogP contribution in [0.4, 0.5) is 4.79 Å². The van der Waals surface area contributed by atoms with Crippen LogP contribution in [0.1, 0.15) is 76.2 Å². The molecule has 43 heavy (non-hydrogen) atoms. The summed E-state index contributed by atoms with van der Waals surface area (Å²) in [5.74, 6) is 1.78. The number of nitrogens with zero attached hydrogens (tertiary/aromatic N) is 6. The number of amides is 2. The molecule has 1 aliphatic rings. The predicted octanol–water partition coefficient (Wildman–Crippen LogP) is 4.73. The van der Waals surface area contributed by atoms with E-state index in [0.717, 1.165) is 30.6 Å². The highest BCUT2D eigenvalue weighted by Crippen LogP contribution is 2.31. The van der Waals surface area contributed by atoms with Gasteiger partial charge < -0.3 is 28.6 Å². The van der Waals surface area contributed by atoms with Crippen LogP contribution in [0.3, 0.4) is 0 Å². The van der Waals surface area contributed by atoms with Crippen LogP contribution in [0.15, 0.2) is 24.5 Å². The van der Waals surface area contributed by atoms with E-state index in [9.17, 15) is 9.59 Å². The Kier molecular flexibility index (Phi) is 10.6. The molecule has 0 spiro atoms. The van der Waals surface area contributed by atoms with Gasteiger partial charge in [0, 0.05) is 52.4 Å². The van der Waals surface area contributed by atoms with Crippen molar-refractivity contribution in [2.45, 2.75) is 71.9 Å². The summed E-state index contributed by atoms with van der Waals surface area (Å²) in [4.78, 5) is 40.4. The summed E-state index contributed by atoms with van der Waals surface area (Å²) in [5.41, 5.74) is 0.918. The van der Waals surface area contributed by atoms with Crippen LogP contribution in [-0.2, 0) is 16.0 Å². The molecule has 2 atom stereocenters.